The monoisotopic (exact) mass is 354 g/mol. The molecule has 2 N–H and O–H groups in total. The van der Waals surface area contributed by atoms with Gasteiger partial charge in [0.05, 0.1) is 0 Å². The van der Waals surface area contributed by atoms with Crippen LogP contribution in [-0.4, -0.2) is 49.9 Å². The van der Waals surface area contributed by atoms with E-state index in [9.17, 15) is 9.59 Å². The SMILES string of the molecule is CN=C(NC)NCCN1C(=O)CCCC1=O.I. The Hall–Kier alpha value is -0.860. The first kappa shape index (κ1) is 16.1. The van der Waals surface area contributed by atoms with Gasteiger partial charge in [0.25, 0.3) is 0 Å². The van der Waals surface area contributed by atoms with E-state index < -0.39 is 0 Å². The first-order valence-electron chi connectivity index (χ1n) is 5.40. The van der Waals surface area contributed by atoms with Gasteiger partial charge in [-0.05, 0) is 6.42 Å². The van der Waals surface area contributed by atoms with Gasteiger partial charge in [0.15, 0.2) is 5.96 Å². The van der Waals surface area contributed by atoms with Crippen LogP contribution < -0.4 is 10.6 Å². The zero-order valence-electron chi connectivity index (χ0n) is 10.2. The number of hydrogen-bond donors (Lipinski definition) is 2. The van der Waals surface area contributed by atoms with E-state index in [0.29, 0.717) is 38.3 Å². The summed E-state index contributed by atoms with van der Waals surface area (Å²) in [5, 5.41) is 5.86. The molecule has 1 fully saturated rings. The van der Waals surface area contributed by atoms with Gasteiger partial charge in [-0.25, -0.2) is 0 Å². The fraction of sp³-hybridized carbons (Fsp3) is 0.700. The third kappa shape index (κ3) is 4.88. The normalized spacial score (nSPS) is 16.6. The van der Waals surface area contributed by atoms with Crippen molar-refractivity contribution in [3.8, 4) is 0 Å². The van der Waals surface area contributed by atoms with Crippen LogP contribution in [0.15, 0.2) is 4.99 Å². The summed E-state index contributed by atoms with van der Waals surface area (Å²) < 4.78 is 0. The molecule has 2 amide bonds. The van der Waals surface area contributed by atoms with Crippen LogP contribution in [0.25, 0.3) is 0 Å². The number of guanidine groups is 1. The van der Waals surface area contributed by atoms with Crippen LogP contribution in [0.5, 0.6) is 0 Å². The highest BCUT2D eigenvalue weighted by molar-refractivity contribution is 14.0. The molecule has 1 aliphatic heterocycles. The standard InChI is InChI=1S/C10H18N4O2.HI/c1-11-10(12-2)13-6-7-14-8(15)4-3-5-9(14)16;/h3-7H2,1-2H3,(H2,11,12,13);1H. The maximum atomic E-state index is 11.5. The molecule has 7 heteroatoms. The zero-order valence-corrected chi connectivity index (χ0v) is 12.5. The molecule has 0 radical (unpaired) electrons. The van der Waals surface area contributed by atoms with E-state index in [-0.39, 0.29) is 35.8 Å². The summed E-state index contributed by atoms with van der Waals surface area (Å²) in [5.41, 5.74) is 0. The Labute approximate surface area is 118 Å². The first-order chi connectivity index (χ1) is 7.69. The third-order valence-electron chi connectivity index (χ3n) is 2.47. The molecule has 6 nitrogen and oxygen atoms in total. The molecule has 0 spiro atoms. The van der Waals surface area contributed by atoms with E-state index >= 15 is 0 Å². The number of aliphatic imine (C=N–C) groups is 1. The predicted molar refractivity (Wildman–Crippen MR) is 76.4 cm³/mol. The first-order valence-corrected chi connectivity index (χ1v) is 5.40. The number of likely N-dealkylation sites (tertiary alicyclic amines) is 1. The molecule has 0 aliphatic carbocycles. The van der Waals surface area contributed by atoms with E-state index in [1.165, 1.54) is 4.90 Å². The van der Waals surface area contributed by atoms with Crippen molar-refractivity contribution in [2.24, 2.45) is 4.99 Å². The molecule has 0 saturated carbocycles. The average molecular weight is 354 g/mol. The van der Waals surface area contributed by atoms with Gasteiger partial charge < -0.3 is 10.6 Å². The third-order valence-corrected chi connectivity index (χ3v) is 2.47. The molecule has 0 aromatic carbocycles. The molecule has 0 aromatic rings. The number of hydrogen-bond acceptors (Lipinski definition) is 3. The van der Waals surface area contributed by atoms with Crippen LogP contribution in [0.2, 0.25) is 0 Å². The lowest BCUT2D eigenvalue weighted by Crippen LogP contribution is -2.46. The summed E-state index contributed by atoms with van der Waals surface area (Å²) >= 11 is 0. The average Bonchev–Trinajstić information content (AvgIpc) is 2.28. The Balaban J connectivity index is 0.00000256. The summed E-state index contributed by atoms with van der Waals surface area (Å²) in [7, 11) is 3.42. The summed E-state index contributed by atoms with van der Waals surface area (Å²) in [5.74, 6) is 0.506. The Morgan fingerprint density at radius 2 is 1.94 bits per heavy atom. The number of carbonyl (C=O) groups is 2. The summed E-state index contributed by atoms with van der Waals surface area (Å²) in [4.78, 5) is 28.2. The van der Waals surface area contributed by atoms with Crippen molar-refractivity contribution in [1.82, 2.24) is 15.5 Å². The molecule has 1 aliphatic rings. The van der Waals surface area contributed by atoms with E-state index in [4.69, 9.17) is 0 Å². The molecule has 17 heavy (non-hydrogen) atoms. The maximum absolute atomic E-state index is 11.5. The second-order valence-electron chi connectivity index (χ2n) is 3.54. The van der Waals surface area contributed by atoms with Gasteiger partial charge in [-0.15, -0.1) is 24.0 Å². The highest BCUT2D eigenvalue weighted by atomic mass is 127. The van der Waals surface area contributed by atoms with Gasteiger partial charge >= 0.3 is 0 Å². The van der Waals surface area contributed by atoms with Crippen LogP contribution in [0.3, 0.4) is 0 Å². The number of amides is 2. The molecule has 1 rings (SSSR count). The number of imide groups is 1. The highest BCUT2D eigenvalue weighted by Crippen LogP contribution is 2.10. The minimum absolute atomic E-state index is 0. The number of nitrogens with one attached hydrogen (secondary N) is 2. The minimum atomic E-state index is -0.0718. The molecule has 0 aromatic heterocycles. The smallest absolute Gasteiger partial charge is 0.229 e. The topological polar surface area (TPSA) is 73.8 Å². The quantitative estimate of drug-likeness (QED) is 0.322. The van der Waals surface area contributed by atoms with Crippen molar-refractivity contribution in [3.05, 3.63) is 0 Å². The van der Waals surface area contributed by atoms with E-state index in [1.807, 2.05) is 0 Å². The highest BCUT2D eigenvalue weighted by Gasteiger charge is 2.24. The molecule has 1 saturated heterocycles. The molecule has 98 valence electrons. The van der Waals surface area contributed by atoms with Crippen LogP contribution in [0, 0.1) is 0 Å². The van der Waals surface area contributed by atoms with Crippen molar-refractivity contribution in [1.29, 1.82) is 0 Å². The van der Waals surface area contributed by atoms with Gasteiger partial charge in [-0.2, -0.15) is 0 Å². The summed E-state index contributed by atoms with van der Waals surface area (Å²) in [6.07, 6.45) is 1.64. The van der Waals surface area contributed by atoms with E-state index in [2.05, 4.69) is 15.6 Å². The van der Waals surface area contributed by atoms with Crippen LogP contribution in [0.1, 0.15) is 19.3 Å². The zero-order chi connectivity index (χ0) is 12.0. The number of carbonyl (C=O) groups excluding carboxylic acids is 2. The lowest BCUT2D eigenvalue weighted by Gasteiger charge is -2.25. The van der Waals surface area contributed by atoms with Crippen molar-refractivity contribution in [2.45, 2.75) is 19.3 Å². The molecule has 0 atom stereocenters. The summed E-state index contributed by atoms with van der Waals surface area (Å²) in [6.45, 7) is 0.920. The Bertz CT molecular complexity index is 291. The molecular weight excluding hydrogens is 335 g/mol. The second-order valence-corrected chi connectivity index (χ2v) is 3.54. The number of rotatable bonds is 3. The van der Waals surface area contributed by atoms with Gasteiger partial charge in [0, 0.05) is 40.0 Å². The Morgan fingerprint density at radius 3 is 2.41 bits per heavy atom. The number of piperidine rings is 1. The number of halogens is 1. The van der Waals surface area contributed by atoms with Crippen molar-refractivity contribution >= 4 is 41.8 Å². The number of nitrogens with zero attached hydrogens (tertiary/aromatic N) is 2. The summed E-state index contributed by atoms with van der Waals surface area (Å²) in [6, 6.07) is 0. The van der Waals surface area contributed by atoms with E-state index in [1.54, 1.807) is 14.1 Å². The molecule has 0 unspecified atom stereocenters. The van der Waals surface area contributed by atoms with Crippen molar-refractivity contribution in [2.75, 3.05) is 27.2 Å². The van der Waals surface area contributed by atoms with Gasteiger partial charge in [-0.1, -0.05) is 0 Å². The van der Waals surface area contributed by atoms with Crippen molar-refractivity contribution in [3.63, 3.8) is 0 Å². The Kier molecular flexibility index (Phi) is 7.85. The predicted octanol–water partition coefficient (Wildman–Crippen LogP) is -0.0617. The van der Waals surface area contributed by atoms with Crippen molar-refractivity contribution < 1.29 is 9.59 Å². The van der Waals surface area contributed by atoms with Crippen LogP contribution >= 0.6 is 24.0 Å². The van der Waals surface area contributed by atoms with Gasteiger partial charge in [-0.3, -0.25) is 19.5 Å². The van der Waals surface area contributed by atoms with Crippen LogP contribution in [0.4, 0.5) is 0 Å². The fourth-order valence-electron chi connectivity index (χ4n) is 1.61. The maximum Gasteiger partial charge on any atom is 0.229 e. The second kappa shape index (κ2) is 8.26. The molecular formula is C10H19IN4O2. The lowest BCUT2D eigenvalue weighted by atomic mass is 10.1. The minimum Gasteiger partial charge on any atom is -0.359 e. The molecule has 0 bridgehead atoms. The van der Waals surface area contributed by atoms with Crippen LogP contribution in [-0.2, 0) is 9.59 Å². The van der Waals surface area contributed by atoms with Gasteiger partial charge in [0.2, 0.25) is 11.8 Å². The fourth-order valence-corrected chi connectivity index (χ4v) is 1.61. The van der Waals surface area contributed by atoms with E-state index in [0.717, 1.165) is 0 Å². The lowest BCUT2D eigenvalue weighted by molar-refractivity contribution is -0.147. The largest absolute Gasteiger partial charge is 0.359 e. The van der Waals surface area contributed by atoms with Gasteiger partial charge in [0.1, 0.15) is 0 Å². The Morgan fingerprint density at radius 1 is 1.35 bits per heavy atom. The molecule has 1 heterocycles.